The summed E-state index contributed by atoms with van der Waals surface area (Å²) in [4.78, 5) is 17.2. The number of fused-ring (bicyclic) bond motifs is 1. The smallest absolute Gasteiger partial charge is 0.251 e. The predicted octanol–water partition coefficient (Wildman–Crippen LogP) is 6.91. The zero-order valence-corrected chi connectivity index (χ0v) is 22.2. The number of nitrogens with one attached hydrogen (secondary N) is 1. The minimum Gasteiger partial charge on any atom is -0.494 e. The van der Waals surface area contributed by atoms with Crippen LogP contribution in [-0.2, 0) is 19.4 Å². The van der Waals surface area contributed by atoms with Gasteiger partial charge in [-0.25, -0.2) is 4.98 Å². The van der Waals surface area contributed by atoms with E-state index in [4.69, 9.17) is 9.72 Å². The van der Waals surface area contributed by atoms with E-state index in [1.807, 2.05) is 31.2 Å². The lowest BCUT2D eigenvalue weighted by molar-refractivity contribution is 0.0953. The van der Waals surface area contributed by atoms with Gasteiger partial charge in [-0.2, -0.15) is 0 Å². The average Bonchev–Trinajstić information content (AvgIpc) is 3.28. The second-order valence-electron chi connectivity index (χ2n) is 9.65. The molecule has 3 aromatic carbocycles. The summed E-state index contributed by atoms with van der Waals surface area (Å²) in [5.74, 6) is 2.10. The van der Waals surface area contributed by atoms with Crippen LogP contribution in [0, 0.1) is 6.92 Å². The molecule has 194 valence electrons. The molecule has 4 aromatic rings. The van der Waals surface area contributed by atoms with Gasteiger partial charge in [0.25, 0.3) is 5.91 Å². The Bertz CT molecular complexity index is 1260. The molecule has 1 N–H and O–H groups in total. The first-order valence-electron chi connectivity index (χ1n) is 13.6. The lowest BCUT2D eigenvalue weighted by Gasteiger charge is -2.11. The molecule has 0 saturated heterocycles. The summed E-state index contributed by atoms with van der Waals surface area (Å²) in [6.45, 7) is 6.56. The van der Waals surface area contributed by atoms with Crippen LogP contribution in [0.1, 0.15) is 66.3 Å². The van der Waals surface area contributed by atoms with Gasteiger partial charge in [0.15, 0.2) is 0 Å². The van der Waals surface area contributed by atoms with Gasteiger partial charge in [-0.15, -0.1) is 0 Å². The normalized spacial score (nSPS) is 11.1. The van der Waals surface area contributed by atoms with Crippen molar-refractivity contribution in [3.63, 3.8) is 0 Å². The van der Waals surface area contributed by atoms with E-state index in [2.05, 4.69) is 65.3 Å². The Labute approximate surface area is 220 Å². The predicted molar refractivity (Wildman–Crippen MR) is 151 cm³/mol. The maximum atomic E-state index is 12.3. The van der Waals surface area contributed by atoms with E-state index < -0.39 is 0 Å². The van der Waals surface area contributed by atoms with Crippen LogP contribution in [0.25, 0.3) is 11.0 Å². The number of carbonyl (C=O) groups excluding carboxylic acids is 1. The van der Waals surface area contributed by atoms with E-state index in [0.717, 1.165) is 86.3 Å². The van der Waals surface area contributed by atoms with Crippen LogP contribution in [0.4, 0.5) is 0 Å². The van der Waals surface area contributed by atoms with Gasteiger partial charge in [0.05, 0.1) is 17.6 Å². The number of para-hydroxylation sites is 2. The van der Waals surface area contributed by atoms with Crippen molar-refractivity contribution in [3.8, 4) is 5.75 Å². The molecule has 0 fully saturated rings. The summed E-state index contributed by atoms with van der Waals surface area (Å²) in [6.07, 6.45) is 7.12. The summed E-state index contributed by atoms with van der Waals surface area (Å²) in [5, 5.41) is 3.04. The van der Waals surface area contributed by atoms with Crippen molar-refractivity contribution in [1.29, 1.82) is 0 Å². The highest BCUT2D eigenvalue weighted by atomic mass is 16.5. The van der Waals surface area contributed by atoms with Crippen LogP contribution in [0.3, 0.4) is 0 Å². The molecule has 37 heavy (non-hydrogen) atoms. The molecule has 1 heterocycles. The summed E-state index contributed by atoms with van der Waals surface area (Å²) in [7, 11) is 0. The number of hydrogen-bond donors (Lipinski definition) is 1. The van der Waals surface area contributed by atoms with Gasteiger partial charge in [-0.3, -0.25) is 4.79 Å². The zero-order chi connectivity index (χ0) is 25.9. The number of nitrogens with zero attached hydrogens (tertiary/aromatic N) is 2. The van der Waals surface area contributed by atoms with Crippen molar-refractivity contribution in [1.82, 2.24) is 14.9 Å². The highest BCUT2D eigenvalue weighted by Crippen LogP contribution is 2.19. The SMILES string of the molecule is CCc1ccc(OCCCCn2c(CCCCCNC(=O)c3ccc(C)cc3)nc3ccccc32)cc1. The Kier molecular flexibility index (Phi) is 9.75. The quantitative estimate of drug-likeness (QED) is 0.193. The third-order valence-electron chi connectivity index (χ3n) is 6.79. The Morgan fingerprint density at radius 3 is 2.46 bits per heavy atom. The number of ether oxygens (including phenoxy) is 1. The summed E-state index contributed by atoms with van der Waals surface area (Å²) >= 11 is 0. The van der Waals surface area contributed by atoms with Crippen molar-refractivity contribution in [2.75, 3.05) is 13.2 Å². The number of imidazole rings is 1. The van der Waals surface area contributed by atoms with Crippen molar-refractivity contribution in [2.45, 2.75) is 65.3 Å². The first-order valence-corrected chi connectivity index (χ1v) is 13.6. The fraction of sp³-hybridized carbons (Fsp3) is 0.375. The molecule has 5 nitrogen and oxygen atoms in total. The maximum Gasteiger partial charge on any atom is 0.251 e. The molecular weight excluding hydrogens is 458 g/mol. The number of aryl methyl sites for hydroxylation is 4. The minimum absolute atomic E-state index is 0.00347. The van der Waals surface area contributed by atoms with E-state index in [1.165, 1.54) is 11.1 Å². The number of carbonyl (C=O) groups is 1. The monoisotopic (exact) mass is 497 g/mol. The molecule has 0 spiro atoms. The van der Waals surface area contributed by atoms with Crippen LogP contribution < -0.4 is 10.1 Å². The topological polar surface area (TPSA) is 56.1 Å². The highest BCUT2D eigenvalue weighted by molar-refractivity contribution is 5.94. The van der Waals surface area contributed by atoms with Crippen LogP contribution >= 0.6 is 0 Å². The molecule has 0 bridgehead atoms. The van der Waals surface area contributed by atoms with Crippen LogP contribution in [0.5, 0.6) is 5.75 Å². The zero-order valence-electron chi connectivity index (χ0n) is 22.2. The molecule has 0 aliphatic heterocycles. The highest BCUT2D eigenvalue weighted by Gasteiger charge is 2.10. The standard InChI is InChI=1S/C32H39N3O2/c1-3-26-16-20-28(21-17-26)37-24-10-9-23-35-30-12-7-6-11-29(30)34-31(35)13-5-4-8-22-33-32(36)27-18-14-25(2)15-19-27/h6-7,11-12,14-21H,3-5,8-10,13,22-24H2,1-2H3,(H,33,36). The molecule has 0 aliphatic rings. The van der Waals surface area contributed by atoms with E-state index in [0.29, 0.717) is 6.54 Å². The van der Waals surface area contributed by atoms with Crippen molar-refractivity contribution >= 4 is 16.9 Å². The fourth-order valence-electron chi connectivity index (χ4n) is 4.54. The first kappa shape index (κ1) is 26.5. The minimum atomic E-state index is 0.00347. The Balaban J connectivity index is 1.20. The molecule has 1 amide bonds. The molecule has 0 aliphatic carbocycles. The second kappa shape index (κ2) is 13.6. The maximum absolute atomic E-state index is 12.3. The number of amides is 1. The van der Waals surface area contributed by atoms with Crippen molar-refractivity contribution in [2.24, 2.45) is 0 Å². The van der Waals surface area contributed by atoms with E-state index in [-0.39, 0.29) is 5.91 Å². The largest absolute Gasteiger partial charge is 0.494 e. The Morgan fingerprint density at radius 1 is 0.892 bits per heavy atom. The second-order valence-corrected chi connectivity index (χ2v) is 9.65. The van der Waals surface area contributed by atoms with Gasteiger partial charge in [-0.1, -0.05) is 55.3 Å². The lowest BCUT2D eigenvalue weighted by atomic mass is 10.1. The van der Waals surface area contributed by atoms with Gasteiger partial charge >= 0.3 is 0 Å². The van der Waals surface area contributed by atoms with Gasteiger partial charge in [0.2, 0.25) is 0 Å². The van der Waals surface area contributed by atoms with Crippen molar-refractivity contribution in [3.05, 3.63) is 95.3 Å². The number of aromatic nitrogens is 2. The van der Waals surface area contributed by atoms with Gasteiger partial charge in [0.1, 0.15) is 11.6 Å². The molecular formula is C32H39N3O2. The molecule has 0 atom stereocenters. The Morgan fingerprint density at radius 2 is 1.68 bits per heavy atom. The number of benzene rings is 3. The van der Waals surface area contributed by atoms with Crippen LogP contribution in [-0.4, -0.2) is 28.6 Å². The number of unbranched alkanes of at least 4 members (excludes halogenated alkanes) is 3. The van der Waals surface area contributed by atoms with Gasteiger partial charge < -0.3 is 14.6 Å². The summed E-state index contributed by atoms with van der Waals surface area (Å²) in [5.41, 5.74) is 5.49. The lowest BCUT2D eigenvalue weighted by Crippen LogP contribution is -2.24. The summed E-state index contributed by atoms with van der Waals surface area (Å²) in [6, 6.07) is 24.5. The molecule has 0 unspecified atom stereocenters. The van der Waals surface area contributed by atoms with Crippen molar-refractivity contribution < 1.29 is 9.53 Å². The Hall–Kier alpha value is -3.60. The molecule has 1 aromatic heterocycles. The van der Waals surface area contributed by atoms with E-state index >= 15 is 0 Å². The molecule has 4 rings (SSSR count). The van der Waals surface area contributed by atoms with E-state index in [9.17, 15) is 4.79 Å². The molecule has 0 radical (unpaired) electrons. The first-order chi connectivity index (χ1) is 18.1. The molecule has 5 heteroatoms. The number of rotatable bonds is 14. The van der Waals surface area contributed by atoms with Gasteiger partial charge in [-0.05, 0) is 81.0 Å². The van der Waals surface area contributed by atoms with Crippen LogP contribution in [0.15, 0.2) is 72.8 Å². The van der Waals surface area contributed by atoms with E-state index in [1.54, 1.807) is 0 Å². The van der Waals surface area contributed by atoms with Crippen LogP contribution in [0.2, 0.25) is 0 Å². The fourth-order valence-corrected chi connectivity index (χ4v) is 4.54. The third-order valence-corrected chi connectivity index (χ3v) is 6.79. The number of hydrogen-bond acceptors (Lipinski definition) is 3. The summed E-state index contributed by atoms with van der Waals surface area (Å²) < 4.78 is 8.32. The third kappa shape index (κ3) is 7.69. The average molecular weight is 498 g/mol. The van der Waals surface area contributed by atoms with Gasteiger partial charge in [0, 0.05) is 25.1 Å². The molecule has 0 saturated carbocycles.